The van der Waals surface area contributed by atoms with Crippen molar-refractivity contribution in [3.8, 4) is 17.5 Å². The number of hydrogen-bond acceptors (Lipinski definition) is 3. The lowest BCUT2D eigenvalue weighted by molar-refractivity contribution is 0.151. The van der Waals surface area contributed by atoms with Crippen LogP contribution in [0, 0.1) is 16.0 Å². The van der Waals surface area contributed by atoms with E-state index in [1.165, 1.54) is 12.3 Å². The SMILES string of the molecule is N#Cc1c(C(F)F)cc(-c2ccco2)[nH]c1=S. The maximum atomic E-state index is 12.8. The zero-order chi connectivity index (χ0) is 12.4. The summed E-state index contributed by atoms with van der Waals surface area (Å²) in [6, 6.07) is 6.09. The van der Waals surface area contributed by atoms with Crippen LogP contribution in [0.1, 0.15) is 17.6 Å². The van der Waals surface area contributed by atoms with E-state index in [0.717, 1.165) is 0 Å². The van der Waals surface area contributed by atoms with Gasteiger partial charge in [0.05, 0.1) is 17.5 Å². The number of furan rings is 1. The summed E-state index contributed by atoms with van der Waals surface area (Å²) < 4.78 is 30.6. The topological polar surface area (TPSA) is 52.7 Å². The Kier molecular flexibility index (Phi) is 3.02. The van der Waals surface area contributed by atoms with Crippen LogP contribution in [-0.2, 0) is 0 Å². The lowest BCUT2D eigenvalue weighted by Gasteiger charge is -2.05. The van der Waals surface area contributed by atoms with Crippen molar-refractivity contribution in [3.05, 3.63) is 40.2 Å². The van der Waals surface area contributed by atoms with Crippen molar-refractivity contribution in [3.63, 3.8) is 0 Å². The van der Waals surface area contributed by atoms with Crippen LogP contribution in [-0.4, -0.2) is 4.98 Å². The van der Waals surface area contributed by atoms with E-state index in [2.05, 4.69) is 4.98 Å². The highest BCUT2D eigenvalue weighted by molar-refractivity contribution is 7.71. The first kappa shape index (κ1) is 11.5. The van der Waals surface area contributed by atoms with E-state index in [-0.39, 0.29) is 15.8 Å². The fraction of sp³-hybridized carbons (Fsp3) is 0.0909. The lowest BCUT2D eigenvalue weighted by atomic mass is 10.1. The molecule has 86 valence electrons. The maximum Gasteiger partial charge on any atom is 0.265 e. The molecule has 0 amide bonds. The van der Waals surface area contributed by atoms with Gasteiger partial charge in [0.15, 0.2) is 0 Å². The molecule has 2 aromatic rings. The van der Waals surface area contributed by atoms with E-state index < -0.39 is 6.43 Å². The van der Waals surface area contributed by atoms with Gasteiger partial charge in [-0.15, -0.1) is 0 Å². The van der Waals surface area contributed by atoms with E-state index in [1.54, 1.807) is 18.2 Å². The molecular weight excluding hydrogens is 246 g/mol. The van der Waals surface area contributed by atoms with Gasteiger partial charge in [0, 0.05) is 5.56 Å². The predicted octanol–water partition coefficient (Wildman–Crippen LogP) is 3.81. The highest BCUT2D eigenvalue weighted by atomic mass is 32.1. The number of hydrogen-bond donors (Lipinski definition) is 1. The Hall–Kier alpha value is -2.00. The van der Waals surface area contributed by atoms with Crippen molar-refractivity contribution in [1.29, 1.82) is 5.26 Å². The molecule has 3 nitrogen and oxygen atoms in total. The van der Waals surface area contributed by atoms with E-state index in [4.69, 9.17) is 21.9 Å². The van der Waals surface area contributed by atoms with E-state index in [9.17, 15) is 8.78 Å². The molecule has 0 saturated heterocycles. The molecule has 0 fully saturated rings. The van der Waals surface area contributed by atoms with Gasteiger partial charge in [-0.2, -0.15) is 5.26 Å². The average Bonchev–Trinajstić information content (AvgIpc) is 2.81. The van der Waals surface area contributed by atoms with Crippen LogP contribution >= 0.6 is 12.2 Å². The number of aromatic amines is 1. The maximum absolute atomic E-state index is 12.8. The first-order valence-electron chi connectivity index (χ1n) is 4.63. The number of H-pyrrole nitrogens is 1. The van der Waals surface area contributed by atoms with Gasteiger partial charge in [0.2, 0.25) is 0 Å². The van der Waals surface area contributed by atoms with Gasteiger partial charge in [-0.3, -0.25) is 0 Å². The van der Waals surface area contributed by atoms with E-state index >= 15 is 0 Å². The van der Waals surface area contributed by atoms with Crippen LogP contribution in [0.3, 0.4) is 0 Å². The largest absolute Gasteiger partial charge is 0.463 e. The molecule has 0 atom stereocenters. The van der Waals surface area contributed by atoms with Crippen molar-refractivity contribution in [2.75, 3.05) is 0 Å². The summed E-state index contributed by atoms with van der Waals surface area (Å²) in [4.78, 5) is 2.69. The highest BCUT2D eigenvalue weighted by Crippen LogP contribution is 2.27. The minimum atomic E-state index is -2.75. The van der Waals surface area contributed by atoms with E-state index in [0.29, 0.717) is 11.5 Å². The Balaban J connectivity index is 2.68. The first-order valence-corrected chi connectivity index (χ1v) is 5.03. The molecule has 0 radical (unpaired) electrons. The molecule has 0 spiro atoms. The summed E-state index contributed by atoms with van der Waals surface area (Å²) in [7, 11) is 0. The standard InChI is InChI=1S/C11H6F2N2OS/c12-10(13)6-4-8(9-2-1-3-16-9)15-11(17)7(6)5-14/h1-4,10H,(H,15,17). The quantitative estimate of drug-likeness (QED) is 0.827. The van der Waals surface area contributed by atoms with Crippen molar-refractivity contribution in [1.82, 2.24) is 4.98 Å². The van der Waals surface area contributed by atoms with Crippen LogP contribution in [0.4, 0.5) is 8.78 Å². The third-order valence-electron chi connectivity index (χ3n) is 2.20. The third-order valence-corrected chi connectivity index (χ3v) is 2.50. The number of rotatable bonds is 2. The Morgan fingerprint density at radius 2 is 2.24 bits per heavy atom. The number of aromatic nitrogens is 1. The van der Waals surface area contributed by atoms with Crippen LogP contribution in [0.25, 0.3) is 11.5 Å². The van der Waals surface area contributed by atoms with Crippen molar-refractivity contribution in [2.24, 2.45) is 0 Å². The second kappa shape index (κ2) is 4.47. The van der Waals surface area contributed by atoms with Gasteiger partial charge in [0.1, 0.15) is 16.5 Å². The van der Waals surface area contributed by atoms with Crippen LogP contribution < -0.4 is 0 Å². The van der Waals surface area contributed by atoms with E-state index in [1.807, 2.05) is 0 Å². The zero-order valence-electron chi connectivity index (χ0n) is 8.41. The molecule has 0 unspecified atom stereocenters. The molecule has 0 saturated carbocycles. The minimum absolute atomic E-state index is 0.0169. The molecular formula is C11H6F2N2OS. The zero-order valence-corrected chi connectivity index (χ0v) is 9.22. The second-order valence-corrected chi connectivity index (χ2v) is 3.64. The molecule has 2 rings (SSSR count). The summed E-state index contributed by atoms with van der Waals surface area (Å²) in [5.41, 5.74) is -0.262. The molecule has 17 heavy (non-hydrogen) atoms. The number of alkyl halides is 2. The van der Waals surface area contributed by atoms with Gasteiger partial charge < -0.3 is 9.40 Å². The smallest absolute Gasteiger partial charge is 0.265 e. The van der Waals surface area contributed by atoms with Crippen molar-refractivity contribution >= 4 is 12.2 Å². The van der Waals surface area contributed by atoms with Gasteiger partial charge in [0.25, 0.3) is 6.43 Å². The number of nitrogens with one attached hydrogen (secondary N) is 1. The number of halogens is 2. The molecule has 6 heteroatoms. The third kappa shape index (κ3) is 2.10. The van der Waals surface area contributed by atoms with Crippen LogP contribution in [0.15, 0.2) is 28.9 Å². The highest BCUT2D eigenvalue weighted by Gasteiger charge is 2.17. The molecule has 0 aliphatic rings. The minimum Gasteiger partial charge on any atom is -0.463 e. The fourth-order valence-corrected chi connectivity index (χ4v) is 1.71. The Labute approximate surface area is 100 Å². The van der Waals surface area contributed by atoms with Gasteiger partial charge >= 0.3 is 0 Å². The Morgan fingerprint density at radius 3 is 2.76 bits per heavy atom. The molecule has 0 aromatic carbocycles. The number of nitriles is 1. The second-order valence-electron chi connectivity index (χ2n) is 3.23. The number of pyridine rings is 1. The molecule has 0 bridgehead atoms. The molecule has 0 aliphatic heterocycles. The lowest BCUT2D eigenvalue weighted by Crippen LogP contribution is -1.96. The molecule has 1 N–H and O–H groups in total. The molecule has 2 aromatic heterocycles. The normalized spacial score (nSPS) is 10.5. The summed E-state index contributed by atoms with van der Waals surface area (Å²) >= 11 is 4.87. The van der Waals surface area contributed by atoms with Crippen LogP contribution in [0.5, 0.6) is 0 Å². The number of nitrogens with zero attached hydrogens (tertiary/aromatic N) is 1. The predicted molar refractivity (Wildman–Crippen MR) is 59.0 cm³/mol. The van der Waals surface area contributed by atoms with Gasteiger partial charge in [-0.1, -0.05) is 12.2 Å². The van der Waals surface area contributed by atoms with Gasteiger partial charge in [-0.25, -0.2) is 8.78 Å². The fourth-order valence-electron chi connectivity index (χ4n) is 1.43. The average molecular weight is 252 g/mol. The summed E-state index contributed by atoms with van der Waals surface area (Å²) in [5.74, 6) is 0.391. The Morgan fingerprint density at radius 1 is 1.47 bits per heavy atom. The molecule has 2 heterocycles. The molecule has 0 aliphatic carbocycles. The monoisotopic (exact) mass is 252 g/mol. The summed E-state index contributed by atoms with van der Waals surface area (Å²) in [6.07, 6.45) is -1.33. The van der Waals surface area contributed by atoms with Gasteiger partial charge in [-0.05, 0) is 18.2 Å². The summed E-state index contributed by atoms with van der Waals surface area (Å²) in [5, 5.41) is 8.78. The first-order chi connectivity index (χ1) is 8.13. The summed E-state index contributed by atoms with van der Waals surface area (Å²) in [6.45, 7) is 0. The Bertz CT molecular complexity index is 626. The van der Waals surface area contributed by atoms with Crippen LogP contribution in [0.2, 0.25) is 0 Å². The van der Waals surface area contributed by atoms with Crippen molar-refractivity contribution in [2.45, 2.75) is 6.43 Å². The van der Waals surface area contributed by atoms with Crippen molar-refractivity contribution < 1.29 is 13.2 Å².